The zero-order valence-corrected chi connectivity index (χ0v) is 17.1. The molecule has 0 amide bonds. The molecule has 25 heavy (non-hydrogen) atoms. The lowest BCUT2D eigenvalue weighted by Gasteiger charge is -2.36. The molecule has 0 heterocycles. The molecule has 0 spiro atoms. The van der Waals surface area contributed by atoms with Gasteiger partial charge in [-0.1, -0.05) is 52.0 Å². The first kappa shape index (κ1) is 19.7. The van der Waals surface area contributed by atoms with Crippen LogP contribution < -0.4 is 4.43 Å². The molecule has 2 rings (SSSR count). The molecule has 1 unspecified atom stereocenters. The van der Waals surface area contributed by atoms with Crippen molar-refractivity contribution in [3.8, 4) is 16.9 Å². The average molecular weight is 361 g/mol. The normalized spacial score (nSPS) is 13.6. The van der Waals surface area contributed by atoms with E-state index in [0.29, 0.717) is 12.0 Å². The van der Waals surface area contributed by atoms with Gasteiger partial charge in [0.25, 0.3) is 0 Å². The lowest BCUT2D eigenvalue weighted by atomic mass is 10.0. The maximum atomic E-state index is 14.2. The fourth-order valence-electron chi connectivity index (χ4n) is 2.36. The molecule has 0 aliphatic heterocycles. The number of hydrogen-bond acceptors (Lipinski definition) is 2. The first-order valence-corrected chi connectivity index (χ1v) is 11.7. The number of benzene rings is 2. The number of aliphatic hydroxyl groups is 1. The van der Waals surface area contributed by atoms with Gasteiger partial charge in [0.15, 0.2) is 0 Å². The van der Waals surface area contributed by atoms with Gasteiger partial charge in [0, 0.05) is 5.56 Å². The molecule has 0 saturated carbocycles. The van der Waals surface area contributed by atoms with Gasteiger partial charge < -0.3 is 9.53 Å². The van der Waals surface area contributed by atoms with Crippen LogP contribution in [0.15, 0.2) is 42.5 Å². The third-order valence-electron chi connectivity index (χ3n) is 5.11. The van der Waals surface area contributed by atoms with E-state index in [2.05, 4.69) is 33.9 Å². The van der Waals surface area contributed by atoms with Crippen LogP contribution in [0, 0.1) is 5.82 Å². The minimum absolute atomic E-state index is 0.144. The van der Waals surface area contributed by atoms with Crippen molar-refractivity contribution in [1.82, 2.24) is 0 Å². The second kappa shape index (κ2) is 7.30. The highest BCUT2D eigenvalue weighted by atomic mass is 28.4. The summed E-state index contributed by atoms with van der Waals surface area (Å²) in [5.74, 6) is 0.488. The van der Waals surface area contributed by atoms with Crippen molar-refractivity contribution in [3.05, 3.63) is 53.8 Å². The van der Waals surface area contributed by atoms with Crippen LogP contribution in [0.3, 0.4) is 0 Å². The molecule has 1 atom stereocenters. The summed E-state index contributed by atoms with van der Waals surface area (Å²) in [7, 11) is -1.86. The predicted molar refractivity (Wildman–Crippen MR) is 105 cm³/mol. The zero-order chi connectivity index (χ0) is 18.8. The van der Waals surface area contributed by atoms with Gasteiger partial charge in [0.1, 0.15) is 11.6 Å². The molecule has 0 aliphatic rings. The molecule has 2 aromatic rings. The van der Waals surface area contributed by atoms with Crippen molar-refractivity contribution in [1.29, 1.82) is 0 Å². The largest absolute Gasteiger partial charge is 0.544 e. The minimum Gasteiger partial charge on any atom is -0.544 e. The molecule has 0 saturated heterocycles. The van der Waals surface area contributed by atoms with E-state index < -0.39 is 14.4 Å². The highest BCUT2D eigenvalue weighted by Crippen LogP contribution is 2.37. The molecular weight excluding hydrogens is 331 g/mol. The van der Waals surface area contributed by atoms with Gasteiger partial charge >= 0.3 is 0 Å². The van der Waals surface area contributed by atoms with Gasteiger partial charge in [-0.15, -0.1) is 0 Å². The Kier molecular flexibility index (Phi) is 5.74. The predicted octanol–water partition coefficient (Wildman–Crippen LogP) is 6.32. The third-order valence-corrected chi connectivity index (χ3v) is 9.47. The van der Waals surface area contributed by atoms with E-state index in [1.54, 1.807) is 6.07 Å². The Morgan fingerprint density at radius 2 is 1.60 bits per heavy atom. The molecule has 136 valence electrons. The Balaban J connectivity index is 2.22. The summed E-state index contributed by atoms with van der Waals surface area (Å²) in [5.41, 5.74) is 2.08. The van der Waals surface area contributed by atoms with Crippen LogP contribution in [0.2, 0.25) is 18.1 Å². The summed E-state index contributed by atoms with van der Waals surface area (Å²) in [6, 6.07) is 12.8. The standard InChI is InChI=1S/C21H29FO2Si/c1-7-20(23)18-13-10-16(14-19(18)22)15-8-11-17(12-9-15)24-25(5,6)21(2,3)4/h8-14,20,23H,7H2,1-6H3. The zero-order valence-electron chi connectivity index (χ0n) is 16.1. The molecule has 0 fully saturated rings. The number of rotatable bonds is 5. The van der Waals surface area contributed by atoms with Crippen LogP contribution in [0.25, 0.3) is 11.1 Å². The lowest BCUT2D eigenvalue weighted by Crippen LogP contribution is -2.43. The van der Waals surface area contributed by atoms with Crippen molar-refractivity contribution >= 4 is 8.32 Å². The smallest absolute Gasteiger partial charge is 0.250 e. The summed E-state index contributed by atoms with van der Waals surface area (Å²) in [4.78, 5) is 0. The first-order chi connectivity index (χ1) is 11.5. The summed E-state index contributed by atoms with van der Waals surface area (Å²) < 4.78 is 20.5. The van der Waals surface area contributed by atoms with E-state index in [0.717, 1.165) is 16.9 Å². The summed E-state index contributed by atoms with van der Waals surface area (Å²) in [6.45, 7) is 12.9. The van der Waals surface area contributed by atoms with Crippen LogP contribution in [-0.4, -0.2) is 13.4 Å². The van der Waals surface area contributed by atoms with Crippen molar-refractivity contribution in [2.75, 3.05) is 0 Å². The molecule has 0 aromatic heterocycles. The maximum Gasteiger partial charge on any atom is 0.250 e. The molecule has 0 aliphatic carbocycles. The van der Waals surface area contributed by atoms with Crippen molar-refractivity contribution in [2.45, 2.75) is 58.4 Å². The van der Waals surface area contributed by atoms with E-state index in [-0.39, 0.29) is 10.9 Å². The molecule has 2 nitrogen and oxygen atoms in total. The van der Waals surface area contributed by atoms with Gasteiger partial charge in [-0.2, -0.15) is 0 Å². The van der Waals surface area contributed by atoms with Gasteiger partial charge in [0.05, 0.1) is 6.10 Å². The number of hydrogen-bond donors (Lipinski definition) is 1. The van der Waals surface area contributed by atoms with Gasteiger partial charge in [-0.3, -0.25) is 0 Å². The second-order valence-corrected chi connectivity index (χ2v) is 12.8. The molecule has 2 aromatic carbocycles. The molecule has 1 N–H and O–H groups in total. The summed E-state index contributed by atoms with van der Waals surface area (Å²) >= 11 is 0. The quantitative estimate of drug-likeness (QED) is 0.632. The fourth-order valence-corrected chi connectivity index (χ4v) is 3.39. The topological polar surface area (TPSA) is 29.5 Å². The minimum atomic E-state index is -1.86. The van der Waals surface area contributed by atoms with Crippen LogP contribution in [0.5, 0.6) is 5.75 Å². The summed E-state index contributed by atoms with van der Waals surface area (Å²) in [6.07, 6.45) is -0.259. The highest BCUT2D eigenvalue weighted by molar-refractivity contribution is 6.74. The lowest BCUT2D eigenvalue weighted by molar-refractivity contribution is 0.169. The average Bonchev–Trinajstić information content (AvgIpc) is 2.53. The van der Waals surface area contributed by atoms with Crippen LogP contribution in [0.4, 0.5) is 4.39 Å². The number of halogens is 1. The van der Waals surface area contributed by atoms with Crippen LogP contribution in [-0.2, 0) is 0 Å². The van der Waals surface area contributed by atoms with Gasteiger partial charge in [-0.25, -0.2) is 4.39 Å². The monoisotopic (exact) mass is 360 g/mol. The van der Waals surface area contributed by atoms with E-state index in [4.69, 9.17) is 4.43 Å². The fraction of sp³-hybridized carbons (Fsp3) is 0.429. The molecule has 4 heteroatoms. The molecule has 0 radical (unpaired) electrons. The molecular formula is C21H29FO2Si. The first-order valence-electron chi connectivity index (χ1n) is 8.82. The highest BCUT2D eigenvalue weighted by Gasteiger charge is 2.38. The number of aliphatic hydroxyl groups excluding tert-OH is 1. The third kappa shape index (κ3) is 4.50. The Labute approximate surface area is 151 Å². The van der Waals surface area contributed by atoms with E-state index >= 15 is 0 Å². The van der Waals surface area contributed by atoms with Crippen LogP contribution >= 0.6 is 0 Å². The Morgan fingerprint density at radius 3 is 2.08 bits per heavy atom. The maximum absolute atomic E-state index is 14.2. The van der Waals surface area contributed by atoms with Crippen LogP contribution in [0.1, 0.15) is 45.8 Å². The summed E-state index contributed by atoms with van der Waals surface area (Å²) in [5, 5.41) is 9.97. The van der Waals surface area contributed by atoms with Gasteiger partial charge in [-0.05, 0) is 53.9 Å². The molecule has 0 bridgehead atoms. The Morgan fingerprint density at radius 1 is 1.04 bits per heavy atom. The SMILES string of the molecule is CCC(O)c1ccc(-c2ccc(O[Si](C)(C)C(C)(C)C)cc2)cc1F. The van der Waals surface area contributed by atoms with E-state index in [1.807, 2.05) is 37.3 Å². The second-order valence-electron chi connectivity index (χ2n) is 8.05. The Bertz CT molecular complexity index is 718. The van der Waals surface area contributed by atoms with E-state index in [9.17, 15) is 9.50 Å². The van der Waals surface area contributed by atoms with Crippen molar-refractivity contribution < 1.29 is 13.9 Å². The Hall–Kier alpha value is -1.65. The van der Waals surface area contributed by atoms with Crippen molar-refractivity contribution in [2.24, 2.45) is 0 Å². The van der Waals surface area contributed by atoms with Crippen molar-refractivity contribution in [3.63, 3.8) is 0 Å². The van der Waals surface area contributed by atoms with E-state index in [1.165, 1.54) is 6.07 Å². The van der Waals surface area contributed by atoms with Gasteiger partial charge in [0.2, 0.25) is 8.32 Å².